The van der Waals surface area contributed by atoms with E-state index in [-0.39, 0.29) is 25.4 Å². The van der Waals surface area contributed by atoms with E-state index < -0.39 is 34.2 Å². The number of carbonyl (C=O) groups excluding carboxylic acids is 2. The number of amides is 2. The molecule has 1 unspecified atom stereocenters. The first kappa shape index (κ1) is 24.7. The van der Waals surface area contributed by atoms with Gasteiger partial charge in [0, 0.05) is 18.3 Å². The van der Waals surface area contributed by atoms with Crippen molar-refractivity contribution >= 4 is 33.6 Å². The van der Waals surface area contributed by atoms with E-state index in [1.54, 1.807) is 18.3 Å². The summed E-state index contributed by atoms with van der Waals surface area (Å²) in [6, 6.07) is 13.7. The molecule has 2 aromatic carbocycles. The quantitative estimate of drug-likeness (QED) is 0.527. The van der Waals surface area contributed by atoms with Gasteiger partial charge in [-0.2, -0.15) is 8.42 Å². The lowest BCUT2D eigenvalue weighted by Crippen LogP contribution is -2.30. The molecule has 11 heteroatoms. The first-order chi connectivity index (χ1) is 16.7. The van der Waals surface area contributed by atoms with E-state index in [4.69, 9.17) is 9.47 Å². The van der Waals surface area contributed by atoms with Gasteiger partial charge in [0.05, 0.1) is 18.5 Å². The fraction of sp³-hybridized carbons (Fsp3) is 0.333. The summed E-state index contributed by atoms with van der Waals surface area (Å²) in [7, 11) is -3.68. The zero-order valence-electron chi connectivity index (χ0n) is 19.1. The first-order valence-electron chi connectivity index (χ1n) is 11.0. The average Bonchev–Trinajstić information content (AvgIpc) is 3.22. The summed E-state index contributed by atoms with van der Waals surface area (Å²) >= 11 is 0. The molecule has 4 rings (SSSR count). The van der Waals surface area contributed by atoms with E-state index in [1.807, 2.05) is 30.3 Å². The minimum absolute atomic E-state index is 0.0247. The molecule has 1 atom stereocenters. The summed E-state index contributed by atoms with van der Waals surface area (Å²) in [6.45, 7) is 0.319. The lowest BCUT2D eigenvalue weighted by atomic mass is 9.98. The smallest absolute Gasteiger partial charge is 0.414 e. The molecule has 0 N–H and O–H groups in total. The second-order valence-electron chi connectivity index (χ2n) is 8.26. The van der Waals surface area contributed by atoms with Crippen molar-refractivity contribution in [3.05, 3.63) is 71.7 Å². The van der Waals surface area contributed by atoms with Crippen LogP contribution in [0.15, 0.2) is 54.7 Å². The van der Waals surface area contributed by atoms with Crippen LogP contribution in [0.2, 0.25) is 0 Å². The number of anilines is 1. The normalized spacial score (nSPS) is 18.3. The Morgan fingerprint density at radius 3 is 2.69 bits per heavy atom. The van der Waals surface area contributed by atoms with Crippen molar-refractivity contribution in [1.29, 1.82) is 0 Å². The predicted molar refractivity (Wildman–Crippen MR) is 125 cm³/mol. The highest BCUT2D eigenvalue weighted by Gasteiger charge is 2.34. The molecular formula is C24H25FN2O7S. The van der Waals surface area contributed by atoms with Crippen molar-refractivity contribution in [3.63, 3.8) is 0 Å². The van der Waals surface area contributed by atoms with E-state index in [0.717, 1.165) is 11.8 Å². The van der Waals surface area contributed by atoms with Gasteiger partial charge in [-0.25, -0.2) is 14.0 Å². The van der Waals surface area contributed by atoms with Crippen LogP contribution in [0.4, 0.5) is 19.7 Å². The Bertz CT molecular complexity index is 1230. The summed E-state index contributed by atoms with van der Waals surface area (Å²) in [5.74, 6) is -0.558. The van der Waals surface area contributed by atoms with Crippen molar-refractivity contribution in [2.24, 2.45) is 0 Å². The van der Waals surface area contributed by atoms with Gasteiger partial charge in [0.2, 0.25) is 0 Å². The van der Waals surface area contributed by atoms with Crippen molar-refractivity contribution in [2.75, 3.05) is 30.9 Å². The van der Waals surface area contributed by atoms with E-state index in [2.05, 4.69) is 4.18 Å². The zero-order valence-corrected chi connectivity index (χ0v) is 19.9. The Hall–Kier alpha value is -3.44. The Labute approximate surface area is 202 Å². The minimum Gasteiger partial charge on any atom is -0.444 e. The molecule has 1 fully saturated rings. The molecule has 0 aromatic heterocycles. The fourth-order valence-corrected chi connectivity index (χ4v) is 4.26. The van der Waals surface area contributed by atoms with Gasteiger partial charge < -0.3 is 9.47 Å². The van der Waals surface area contributed by atoms with Gasteiger partial charge >= 0.3 is 12.2 Å². The zero-order chi connectivity index (χ0) is 25.0. The van der Waals surface area contributed by atoms with Crippen molar-refractivity contribution < 1.29 is 36.1 Å². The van der Waals surface area contributed by atoms with Crippen molar-refractivity contribution in [3.8, 4) is 0 Å². The standard InChI is InChI=1S/C24H25FN2O7S/c1-35(30,31)33-16-20-14-27(24(29)34-20)19-9-10-21(22(25)12-19)18-8-5-11-26(13-18)23(28)32-15-17-6-3-2-4-7-17/h2-4,6-7,9-10,12-13,20H,5,8,11,14-16H2,1H3. The van der Waals surface area contributed by atoms with Crippen LogP contribution in [0.1, 0.15) is 24.0 Å². The molecule has 2 amide bonds. The van der Waals surface area contributed by atoms with Crippen LogP contribution in [0.3, 0.4) is 0 Å². The number of nitrogens with zero attached hydrogens (tertiary/aromatic N) is 2. The maximum Gasteiger partial charge on any atom is 0.414 e. The third-order valence-electron chi connectivity index (χ3n) is 5.55. The minimum atomic E-state index is -3.68. The van der Waals surface area contributed by atoms with Gasteiger partial charge in [-0.1, -0.05) is 30.3 Å². The molecule has 2 aliphatic rings. The molecule has 186 valence electrons. The Balaban J connectivity index is 1.42. The Morgan fingerprint density at radius 2 is 1.97 bits per heavy atom. The maximum atomic E-state index is 15.1. The average molecular weight is 505 g/mol. The highest BCUT2D eigenvalue weighted by molar-refractivity contribution is 7.85. The van der Waals surface area contributed by atoms with Crippen LogP contribution in [0.25, 0.3) is 5.57 Å². The molecular weight excluding hydrogens is 479 g/mol. The van der Waals surface area contributed by atoms with Crippen LogP contribution < -0.4 is 4.90 Å². The van der Waals surface area contributed by atoms with Crippen molar-refractivity contribution in [2.45, 2.75) is 25.6 Å². The van der Waals surface area contributed by atoms with Crippen LogP contribution in [0, 0.1) is 5.82 Å². The lowest BCUT2D eigenvalue weighted by molar-refractivity contribution is 0.107. The SMILES string of the molecule is CS(=O)(=O)OCC1CN(c2ccc(C3=CN(C(=O)OCc4ccccc4)CCC3)c(F)c2)C(=O)O1. The number of allylic oxidation sites excluding steroid dienone is 1. The summed E-state index contributed by atoms with van der Waals surface area (Å²) < 4.78 is 52.5. The first-order valence-corrected chi connectivity index (χ1v) is 12.8. The van der Waals surface area contributed by atoms with Gasteiger partial charge in [0.15, 0.2) is 0 Å². The van der Waals surface area contributed by atoms with Crippen LogP contribution in [0.5, 0.6) is 0 Å². The summed E-state index contributed by atoms with van der Waals surface area (Å²) in [5, 5.41) is 0. The second-order valence-corrected chi connectivity index (χ2v) is 9.90. The van der Waals surface area contributed by atoms with E-state index in [9.17, 15) is 18.0 Å². The van der Waals surface area contributed by atoms with E-state index in [1.165, 1.54) is 15.9 Å². The van der Waals surface area contributed by atoms with Crippen LogP contribution in [-0.4, -0.2) is 57.6 Å². The topological polar surface area (TPSA) is 102 Å². The number of ether oxygens (including phenoxy) is 2. The maximum absolute atomic E-state index is 15.1. The predicted octanol–water partition coefficient (Wildman–Crippen LogP) is 3.90. The molecule has 2 aromatic rings. The molecule has 2 aliphatic heterocycles. The largest absolute Gasteiger partial charge is 0.444 e. The molecule has 35 heavy (non-hydrogen) atoms. The van der Waals surface area contributed by atoms with Gasteiger partial charge in [-0.05, 0) is 42.2 Å². The number of hydrogen-bond acceptors (Lipinski definition) is 7. The Morgan fingerprint density at radius 1 is 1.20 bits per heavy atom. The number of benzene rings is 2. The van der Waals surface area contributed by atoms with Crippen LogP contribution >= 0.6 is 0 Å². The summed E-state index contributed by atoms with van der Waals surface area (Å²) in [4.78, 5) is 27.3. The molecule has 0 aliphatic carbocycles. The molecule has 1 saturated heterocycles. The third kappa shape index (κ3) is 6.37. The van der Waals surface area contributed by atoms with Gasteiger partial charge in [0.25, 0.3) is 10.1 Å². The van der Waals surface area contributed by atoms with E-state index in [0.29, 0.717) is 30.5 Å². The molecule has 0 spiro atoms. The van der Waals surface area contributed by atoms with Crippen molar-refractivity contribution in [1.82, 2.24) is 4.90 Å². The molecule has 2 heterocycles. The Kier molecular flexibility index (Phi) is 7.37. The number of carbonyl (C=O) groups is 2. The highest BCUT2D eigenvalue weighted by Crippen LogP contribution is 2.31. The summed E-state index contributed by atoms with van der Waals surface area (Å²) in [6.07, 6.45) is 1.70. The monoisotopic (exact) mass is 504 g/mol. The lowest BCUT2D eigenvalue weighted by Gasteiger charge is -2.25. The molecule has 0 saturated carbocycles. The van der Waals surface area contributed by atoms with Gasteiger partial charge in [-0.3, -0.25) is 14.0 Å². The number of rotatable bonds is 7. The summed E-state index contributed by atoms with van der Waals surface area (Å²) in [5.41, 5.74) is 2.10. The number of halogens is 1. The number of hydrogen-bond donors (Lipinski definition) is 0. The molecule has 0 radical (unpaired) electrons. The van der Waals surface area contributed by atoms with Gasteiger partial charge in [-0.15, -0.1) is 0 Å². The third-order valence-corrected chi connectivity index (χ3v) is 6.11. The highest BCUT2D eigenvalue weighted by atomic mass is 32.2. The van der Waals surface area contributed by atoms with E-state index >= 15 is 4.39 Å². The second kappa shape index (κ2) is 10.4. The fourth-order valence-electron chi connectivity index (χ4n) is 3.86. The number of cyclic esters (lactones) is 1. The van der Waals surface area contributed by atoms with Crippen LogP contribution in [-0.2, 0) is 30.4 Å². The molecule has 9 nitrogen and oxygen atoms in total. The van der Waals surface area contributed by atoms with Gasteiger partial charge in [0.1, 0.15) is 25.1 Å². The molecule has 0 bridgehead atoms.